The van der Waals surface area contributed by atoms with Gasteiger partial charge < -0.3 is 4.74 Å². The molecule has 0 saturated heterocycles. The highest BCUT2D eigenvalue weighted by Crippen LogP contribution is 2.27. The smallest absolute Gasteiger partial charge is 0.359 e. The van der Waals surface area contributed by atoms with Crippen LogP contribution in [0.2, 0.25) is 4.34 Å². The van der Waals surface area contributed by atoms with Crippen LogP contribution < -0.4 is 11.3 Å². The second-order valence-electron chi connectivity index (χ2n) is 2.01. The Bertz CT molecular complexity index is 315. The number of aromatic nitrogens is 1. The largest absolute Gasteiger partial charge is 0.461 e. The number of nitrogens with two attached hydrogens (primary N) is 1. The molecule has 0 unspecified atom stereocenters. The van der Waals surface area contributed by atoms with Crippen LogP contribution in [-0.2, 0) is 4.74 Å². The maximum absolute atomic E-state index is 11.2. The molecule has 0 atom stereocenters. The second kappa shape index (κ2) is 4.40. The molecule has 0 aliphatic heterocycles. The van der Waals surface area contributed by atoms with Gasteiger partial charge in [0, 0.05) is 0 Å². The molecule has 1 aromatic rings. The summed E-state index contributed by atoms with van der Waals surface area (Å²) in [7, 11) is 0. The maximum atomic E-state index is 11.2. The van der Waals surface area contributed by atoms with Crippen molar-refractivity contribution in [2.75, 3.05) is 12.0 Å². The van der Waals surface area contributed by atoms with Gasteiger partial charge >= 0.3 is 5.97 Å². The van der Waals surface area contributed by atoms with Gasteiger partial charge in [0.05, 0.1) is 6.61 Å². The summed E-state index contributed by atoms with van der Waals surface area (Å²) >= 11 is 6.80. The average Bonchev–Trinajstić information content (AvgIpc) is 2.47. The fourth-order valence-corrected chi connectivity index (χ4v) is 1.62. The third-order valence-electron chi connectivity index (χ3n) is 1.18. The van der Waals surface area contributed by atoms with Crippen molar-refractivity contribution in [3.8, 4) is 0 Å². The van der Waals surface area contributed by atoms with E-state index in [-0.39, 0.29) is 16.6 Å². The van der Waals surface area contributed by atoms with Crippen molar-refractivity contribution < 1.29 is 9.53 Å². The summed E-state index contributed by atoms with van der Waals surface area (Å²) in [5, 5.41) is 0.382. The van der Waals surface area contributed by atoms with Crippen molar-refractivity contribution in [1.82, 2.24) is 4.98 Å². The normalized spacial score (nSPS) is 9.77. The molecule has 3 N–H and O–H groups in total. The van der Waals surface area contributed by atoms with E-state index in [1.165, 1.54) is 0 Å². The molecule has 1 heterocycles. The topological polar surface area (TPSA) is 77.2 Å². The molecule has 13 heavy (non-hydrogen) atoms. The molecule has 5 nitrogen and oxygen atoms in total. The minimum absolute atomic E-state index is 0.0986. The molecule has 0 bridgehead atoms. The fraction of sp³-hybridized carbons (Fsp3) is 0.333. The molecule has 0 aromatic carbocycles. The van der Waals surface area contributed by atoms with Crippen molar-refractivity contribution in [2.45, 2.75) is 6.92 Å². The van der Waals surface area contributed by atoms with E-state index in [9.17, 15) is 4.79 Å². The van der Waals surface area contributed by atoms with Gasteiger partial charge in [-0.2, -0.15) is 0 Å². The first-order valence-corrected chi connectivity index (χ1v) is 4.68. The number of esters is 1. The average molecular weight is 222 g/mol. The summed E-state index contributed by atoms with van der Waals surface area (Å²) in [6, 6.07) is 0. The van der Waals surface area contributed by atoms with Crippen molar-refractivity contribution >= 4 is 34.0 Å². The second-order valence-corrected chi connectivity index (χ2v) is 3.61. The number of carbonyl (C=O) groups excluding carboxylic acids is 1. The molecule has 0 aliphatic carbocycles. The third kappa shape index (κ3) is 2.30. The first kappa shape index (κ1) is 10.2. The summed E-state index contributed by atoms with van der Waals surface area (Å²) in [5.41, 5.74) is 2.40. The highest BCUT2D eigenvalue weighted by atomic mass is 35.5. The number of ether oxygens (including phenoxy) is 1. The van der Waals surface area contributed by atoms with Crippen molar-refractivity contribution in [1.29, 1.82) is 0 Å². The number of hydrazine groups is 1. The summed E-state index contributed by atoms with van der Waals surface area (Å²) in [4.78, 5) is 15.0. The minimum Gasteiger partial charge on any atom is -0.461 e. The van der Waals surface area contributed by atoms with Gasteiger partial charge in [-0.05, 0) is 6.92 Å². The van der Waals surface area contributed by atoms with Crippen molar-refractivity contribution in [2.24, 2.45) is 5.84 Å². The number of halogens is 1. The lowest BCUT2D eigenvalue weighted by molar-refractivity contribution is 0.0521. The fourth-order valence-electron chi connectivity index (χ4n) is 0.689. The molecule has 7 heteroatoms. The lowest BCUT2D eigenvalue weighted by atomic mass is 10.5. The molecule has 0 fully saturated rings. The van der Waals surface area contributed by atoms with Gasteiger partial charge in [-0.15, -0.1) is 0 Å². The molecule has 1 rings (SSSR count). The number of hydrogen-bond donors (Lipinski definition) is 2. The molecule has 0 spiro atoms. The quantitative estimate of drug-likeness (QED) is 0.457. The van der Waals surface area contributed by atoms with Gasteiger partial charge in [-0.1, -0.05) is 22.9 Å². The lowest BCUT2D eigenvalue weighted by Crippen LogP contribution is -2.08. The van der Waals surface area contributed by atoms with Gasteiger partial charge in [-0.25, -0.2) is 15.6 Å². The summed E-state index contributed by atoms with van der Waals surface area (Å²) < 4.78 is 4.99. The number of nitrogens with zero attached hydrogens (tertiary/aromatic N) is 1. The van der Waals surface area contributed by atoms with Crippen molar-refractivity contribution in [3.05, 3.63) is 10.0 Å². The molecular weight excluding hydrogens is 214 g/mol. The van der Waals surface area contributed by atoms with E-state index in [1.54, 1.807) is 6.92 Å². The van der Waals surface area contributed by atoms with Crippen LogP contribution in [0, 0.1) is 0 Å². The Kier molecular flexibility index (Phi) is 3.47. The number of anilines is 1. The molecule has 1 aromatic heterocycles. The highest BCUT2D eigenvalue weighted by Gasteiger charge is 2.17. The lowest BCUT2D eigenvalue weighted by Gasteiger charge is -1.96. The van der Waals surface area contributed by atoms with Crippen LogP contribution in [0.4, 0.5) is 5.13 Å². The number of rotatable bonds is 3. The molecular formula is C6H8ClN3O2S. The first-order chi connectivity index (χ1) is 6.19. The van der Waals surface area contributed by atoms with Crippen LogP contribution in [0.15, 0.2) is 0 Å². The molecule has 0 saturated carbocycles. The van der Waals surface area contributed by atoms with Crippen LogP contribution in [0.1, 0.15) is 17.4 Å². The van der Waals surface area contributed by atoms with Crippen LogP contribution in [-0.4, -0.2) is 17.6 Å². The van der Waals surface area contributed by atoms with E-state index in [1.807, 2.05) is 0 Å². The van der Waals surface area contributed by atoms with Gasteiger partial charge in [0.1, 0.15) is 4.34 Å². The Balaban J connectivity index is 2.87. The molecule has 72 valence electrons. The zero-order valence-electron chi connectivity index (χ0n) is 6.83. The van der Waals surface area contributed by atoms with E-state index in [0.29, 0.717) is 5.13 Å². The predicted molar refractivity (Wildman–Crippen MR) is 50.9 cm³/mol. The SMILES string of the molecule is CCOC(=O)c1nc(NN)sc1Cl. The van der Waals surface area contributed by atoms with Gasteiger partial charge in [0.25, 0.3) is 0 Å². The Morgan fingerprint density at radius 3 is 3.00 bits per heavy atom. The van der Waals surface area contributed by atoms with E-state index < -0.39 is 5.97 Å². The number of nitrogens with one attached hydrogen (secondary N) is 1. The predicted octanol–water partition coefficient (Wildman–Crippen LogP) is 1.26. The number of hydrogen-bond acceptors (Lipinski definition) is 6. The molecule has 0 aliphatic rings. The number of nitrogen functional groups attached to an aromatic ring is 1. The Morgan fingerprint density at radius 2 is 2.54 bits per heavy atom. The van der Waals surface area contributed by atoms with Gasteiger partial charge in [0.2, 0.25) is 0 Å². The zero-order valence-corrected chi connectivity index (χ0v) is 8.41. The van der Waals surface area contributed by atoms with Gasteiger partial charge in [0.15, 0.2) is 10.8 Å². The summed E-state index contributed by atoms with van der Waals surface area (Å²) in [6.07, 6.45) is 0. The summed E-state index contributed by atoms with van der Waals surface area (Å²) in [6.45, 7) is 2.00. The Morgan fingerprint density at radius 1 is 1.85 bits per heavy atom. The van der Waals surface area contributed by atoms with Crippen molar-refractivity contribution in [3.63, 3.8) is 0 Å². The highest BCUT2D eigenvalue weighted by molar-refractivity contribution is 7.19. The molecule has 0 amide bonds. The van der Waals surface area contributed by atoms with Gasteiger partial charge in [-0.3, -0.25) is 5.43 Å². The third-order valence-corrected chi connectivity index (χ3v) is 2.36. The van der Waals surface area contributed by atoms with E-state index in [0.717, 1.165) is 11.3 Å². The number of thiazole rings is 1. The first-order valence-electron chi connectivity index (χ1n) is 3.49. The minimum atomic E-state index is -0.537. The standard InChI is InChI=1S/C6H8ClN3O2S/c1-2-12-5(11)3-4(7)13-6(9-3)10-8/h2,8H2,1H3,(H,9,10). The Labute approximate surface area is 83.8 Å². The van der Waals surface area contributed by atoms with E-state index in [4.69, 9.17) is 22.2 Å². The van der Waals surface area contributed by atoms with Crippen LogP contribution in [0.3, 0.4) is 0 Å². The zero-order chi connectivity index (χ0) is 9.84. The summed E-state index contributed by atoms with van der Waals surface area (Å²) in [5.74, 6) is 4.56. The maximum Gasteiger partial charge on any atom is 0.359 e. The molecule has 0 radical (unpaired) electrons. The van der Waals surface area contributed by atoms with Crippen LogP contribution in [0.5, 0.6) is 0 Å². The van der Waals surface area contributed by atoms with Crippen LogP contribution in [0.25, 0.3) is 0 Å². The Hall–Kier alpha value is -0.850. The monoisotopic (exact) mass is 221 g/mol. The van der Waals surface area contributed by atoms with E-state index in [2.05, 4.69) is 10.4 Å². The van der Waals surface area contributed by atoms with Crippen LogP contribution >= 0.6 is 22.9 Å². The number of carbonyl (C=O) groups is 1. The van der Waals surface area contributed by atoms with E-state index >= 15 is 0 Å².